The minimum absolute atomic E-state index is 0.630. The van der Waals surface area contributed by atoms with E-state index in [-0.39, 0.29) is 0 Å². The number of ether oxygens (including phenoxy) is 1. The van der Waals surface area contributed by atoms with Gasteiger partial charge in [0.15, 0.2) is 0 Å². The second-order valence-corrected chi connectivity index (χ2v) is 4.47. The molecule has 2 heteroatoms. The van der Waals surface area contributed by atoms with Gasteiger partial charge in [0.05, 0.1) is 4.90 Å². The molecular formula is C14H12OS. The lowest BCUT2D eigenvalue weighted by Crippen LogP contribution is -1.92. The molecule has 0 saturated carbocycles. The maximum Gasteiger partial charge on any atom is 0.141 e. The summed E-state index contributed by atoms with van der Waals surface area (Å²) < 4.78 is 5.64. The van der Waals surface area contributed by atoms with Crippen molar-refractivity contribution in [2.24, 2.45) is 0 Å². The summed E-state index contributed by atoms with van der Waals surface area (Å²) in [6.45, 7) is 7.80. The molecule has 1 nitrogen and oxygen atoms in total. The number of benzene rings is 1. The molecule has 16 heavy (non-hydrogen) atoms. The number of fused-ring (bicyclic) bond motifs is 1. The lowest BCUT2D eigenvalue weighted by atomic mass is 10.3. The van der Waals surface area contributed by atoms with Gasteiger partial charge in [-0.25, -0.2) is 0 Å². The Balaban J connectivity index is 2.40. The fourth-order valence-electron chi connectivity index (χ4n) is 1.30. The molecule has 0 unspecified atom stereocenters. The summed E-state index contributed by atoms with van der Waals surface area (Å²) >= 11 is 1.59. The number of rotatable bonds is 0. The smallest absolute Gasteiger partial charge is 0.141 e. The lowest BCUT2D eigenvalue weighted by molar-refractivity contribution is 0.436. The molecule has 0 saturated heterocycles. The summed E-state index contributed by atoms with van der Waals surface area (Å²) in [4.78, 5) is 2.03. The molecule has 0 amide bonds. The molecule has 0 aliphatic carbocycles. The molecule has 0 spiro atoms. The van der Waals surface area contributed by atoms with Crippen LogP contribution in [0.5, 0.6) is 5.75 Å². The van der Waals surface area contributed by atoms with Crippen molar-refractivity contribution in [2.45, 2.75) is 4.90 Å². The Bertz CT molecular complexity index is 438. The Kier molecular flexibility index (Phi) is 3.32. The van der Waals surface area contributed by atoms with Gasteiger partial charge in [-0.05, 0) is 24.3 Å². The first-order valence-electron chi connectivity index (χ1n) is 4.93. The van der Waals surface area contributed by atoms with Gasteiger partial charge < -0.3 is 4.74 Å². The van der Waals surface area contributed by atoms with Gasteiger partial charge in [0.2, 0.25) is 0 Å². The Morgan fingerprint density at radius 1 is 1.00 bits per heavy atom. The quantitative estimate of drug-likeness (QED) is 0.654. The van der Waals surface area contributed by atoms with Crippen LogP contribution in [0.25, 0.3) is 0 Å². The SMILES string of the molecule is C=C1/C=C\C=C/C(=C)Sc2ccccc2O1. The Morgan fingerprint density at radius 2 is 1.75 bits per heavy atom. The average molecular weight is 228 g/mol. The zero-order valence-electron chi connectivity index (χ0n) is 8.85. The normalized spacial score (nSPS) is 19.5. The van der Waals surface area contributed by atoms with Crippen LogP contribution in [0.15, 0.2) is 77.3 Å². The highest BCUT2D eigenvalue weighted by Gasteiger charge is 2.06. The summed E-state index contributed by atoms with van der Waals surface area (Å²) in [6, 6.07) is 7.87. The molecule has 0 atom stereocenters. The minimum atomic E-state index is 0.630. The highest BCUT2D eigenvalue weighted by Crippen LogP contribution is 2.35. The molecule has 80 valence electrons. The van der Waals surface area contributed by atoms with Gasteiger partial charge in [0.25, 0.3) is 0 Å². The van der Waals surface area contributed by atoms with Crippen molar-refractivity contribution in [1.82, 2.24) is 0 Å². The molecule has 0 fully saturated rings. The lowest BCUT2D eigenvalue weighted by Gasteiger charge is -2.11. The molecule has 1 heterocycles. The molecule has 2 rings (SSSR count). The van der Waals surface area contributed by atoms with Crippen LogP contribution in [-0.2, 0) is 0 Å². The van der Waals surface area contributed by atoms with E-state index in [1.54, 1.807) is 11.8 Å². The van der Waals surface area contributed by atoms with Gasteiger partial charge >= 0.3 is 0 Å². The number of hydrogen-bond acceptors (Lipinski definition) is 2. The van der Waals surface area contributed by atoms with E-state index in [0.717, 1.165) is 15.6 Å². The number of hydrogen-bond donors (Lipinski definition) is 0. The predicted molar refractivity (Wildman–Crippen MR) is 69.5 cm³/mol. The summed E-state index contributed by atoms with van der Waals surface area (Å²) in [5.74, 6) is 1.45. The first-order valence-corrected chi connectivity index (χ1v) is 5.74. The van der Waals surface area contributed by atoms with Gasteiger partial charge in [0, 0.05) is 4.91 Å². The number of thioether (sulfide) groups is 1. The van der Waals surface area contributed by atoms with Gasteiger partial charge in [-0.3, -0.25) is 0 Å². The maximum absolute atomic E-state index is 5.64. The van der Waals surface area contributed by atoms with Crippen molar-refractivity contribution >= 4 is 11.8 Å². The topological polar surface area (TPSA) is 9.23 Å². The molecule has 0 aromatic heterocycles. The van der Waals surface area contributed by atoms with E-state index in [1.807, 2.05) is 48.6 Å². The van der Waals surface area contributed by atoms with Gasteiger partial charge in [-0.15, -0.1) is 0 Å². The maximum atomic E-state index is 5.64. The molecule has 1 aromatic carbocycles. The summed E-state index contributed by atoms with van der Waals surface area (Å²) in [5.41, 5.74) is 0. The van der Waals surface area contributed by atoms with Crippen LogP contribution in [0.2, 0.25) is 0 Å². The van der Waals surface area contributed by atoms with E-state index < -0.39 is 0 Å². The Hall–Kier alpha value is -1.67. The third kappa shape index (κ3) is 2.67. The van der Waals surface area contributed by atoms with Gasteiger partial charge in [-0.2, -0.15) is 0 Å². The predicted octanol–water partition coefficient (Wildman–Crippen LogP) is 4.31. The Morgan fingerprint density at radius 3 is 2.62 bits per heavy atom. The molecular weight excluding hydrogens is 216 g/mol. The van der Waals surface area contributed by atoms with Crippen LogP contribution in [0.1, 0.15) is 0 Å². The van der Waals surface area contributed by atoms with Crippen LogP contribution in [0.3, 0.4) is 0 Å². The fraction of sp³-hybridized carbons (Fsp3) is 0. The van der Waals surface area contributed by atoms with Gasteiger partial charge in [0.1, 0.15) is 11.5 Å². The average Bonchev–Trinajstić information content (AvgIpc) is 2.27. The van der Waals surface area contributed by atoms with Crippen molar-refractivity contribution in [2.75, 3.05) is 0 Å². The van der Waals surface area contributed by atoms with Crippen LogP contribution in [0, 0.1) is 0 Å². The van der Waals surface area contributed by atoms with Crippen molar-refractivity contribution in [3.63, 3.8) is 0 Å². The van der Waals surface area contributed by atoms with Gasteiger partial charge in [-0.1, -0.05) is 49.2 Å². The molecule has 0 bridgehead atoms. The zero-order valence-corrected chi connectivity index (χ0v) is 9.67. The highest BCUT2D eigenvalue weighted by atomic mass is 32.2. The first-order chi connectivity index (χ1) is 7.75. The summed E-state index contributed by atoms with van der Waals surface area (Å²) in [7, 11) is 0. The van der Waals surface area contributed by atoms with E-state index >= 15 is 0 Å². The fourth-order valence-corrected chi connectivity index (χ4v) is 2.08. The van der Waals surface area contributed by atoms with E-state index in [2.05, 4.69) is 13.2 Å². The first kappa shape index (κ1) is 10.8. The highest BCUT2D eigenvalue weighted by molar-refractivity contribution is 8.03. The standard InChI is InChI=1S/C14H12OS/c1-11-7-3-4-8-12(2)16-14-10-6-5-9-13(14)15-11/h3-10H,1-2H2/b7-3-,8-4-. The van der Waals surface area contributed by atoms with E-state index in [1.165, 1.54) is 0 Å². The van der Waals surface area contributed by atoms with E-state index in [9.17, 15) is 0 Å². The zero-order chi connectivity index (χ0) is 11.4. The third-order valence-corrected chi connectivity index (χ3v) is 2.96. The molecule has 1 aliphatic rings. The van der Waals surface area contributed by atoms with E-state index in [4.69, 9.17) is 4.74 Å². The monoisotopic (exact) mass is 228 g/mol. The molecule has 1 aromatic rings. The summed E-state index contributed by atoms with van der Waals surface area (Å²) in [5, 5.41) is 0. The van der Waals surface area contributed by atoms with Crippen molar-refractivity contribution < 1.29 is 4.74 Å². The van der Waals surface area contributed by atoms with Crippen molar-refractivity contribution in [3.8, 4) is 5.75 Å². The van der Waals surface area contributed by atoms with Crippen molar-refractivity contribution in [1.29, 1.82) is 0 Å². The second kappa shape index (κ2) is 4.90. The van der Waals surface area contributed by atoms with Crippen LogP contribution >= 0.6 is 11.8 Å². The van der Waals surface area contributed by atoms with Crippen LogP contribution < -0.4 is 4.74 Å². The molecule has 0 radical (unpaired) electrons. The van der Waals surface area contributed by atoms with Crippen molar-refractivity contribution in [3.05, 3.63) is 72.4 Å². The van der Waals surface area contributed by atoms with Crippen LogP contribution in [-0.4, -0.2) is 0 Å². The van der Waals surface area contributed by atoms with E-state index in [0.29, 0.717) is 5.76 Å². The number of para-hydroxylation sites is 1. The molecule has 1 aliphatic heterocycles. The third-order valence-electron chi connectivity index (χ3n) is 2.01. The number of allylic oxidation sites excluding steroid dienone is 4. The Labute approximate surface area is 99.8 Å². The summed E-state index contributed by atoms with van der Waals surface area (Å²) in [6.07, 6.45) is 7.62. The van der Waals surface area contributed by atoms with Crippen LogP contribution in [0.4, 0.5) is 0 Å². The molecule has 0 N–H and O–H groups in total. The second-order valence-electron chi connectivity index (χ2n) is 3.30. The largest absolute Gasteiger partial charge is 0.457 e. The minimum Gasteiger partial charge on any atom is -0.457 e.